The number of benzene rings is 1. The molecule has 1 aromatic carbocycles. The second-order valence-corrected chi connectivity index (χ2v) is 11.4. The molecule has 10 nitrogen and oxygen atoms in total. The van der Waals surface area contributed by atoms with Gasteiger partial charge in [0.25, 0.3) is 5.92 Å². The van der Waals surface area contributed by atoms with Crippen LogP contribution in [-0.2, 0) is 16.6 Å². The van der Waals surface area contributed by atoms with Crippen LogP contribution in [0.3, 0.4) is 0 Å². The molecule has 1 saturated heterocycles. The summed E-state index contributed by atoms with van der Waals surface area (Å²) >= 11 is 0. The van der Waals surface area contributed by atoms with Crippen molar-refractivity contribution in [2.24, 2.45) is 0 Å². The number of methoxy groups -OCH3 is 1. The summed E-state index contributed by atoms with van der Waals surface area (Å²) in [4.78, 5) is 8.46. The summed E-state index contributed by atoms with van der Waals surface area (Å²) < 4.78 is 101. The van der Waals surface area contributed by atoms with Gasteiger partial charge in [0.05, 0.1) is 37.0 Å². The Labute approximate surface area is 219 Å². The fourth-order valence-electron chi connectivity index (χ4n) is 4.74. The molecule has 0 spiro atoms. The van der Waals surface area contributed by atoms with Gasteiger partial charge in [-0.1, -0.05) is 6.07 Å². The van der Waals surface area contributed by atoms with E-state index in [9.17, 15) is 30.4 Å². The lowest BCUT2D eigenvalue weighted by atomic mass is 10.0. The number of halogens is 5. The Balaban J connectivity index is 1.50. The molecule has 0 unspecified atom stereocenters. The van der Waals surface area contributed by atoms with E-state index in [1.165, 1.54) is 18.5 Å². The molecule has 16 heteroatoms. The van der Waals surface area contributed by atoms with Crippen molar-refractivity contribution in [1.82, 2.24) is 28.5 Å². The smallest absolute Gasteiger partial charge is 0.406 e. The zero-order valence-corrected chi connectivity index (χ0v) is 21.8. The highest BCUT2D eigenvalue weighted by Crippen LogP contribution is 2.35. The van der Waals surface area contributed by atoms with Crippen molar-refractivity contribution in [3.05, 3.63) is 36.3 Å². The molecule has 39 heavy (non-hydrogen) atoms. The highest BCUT2D eigenvalue weighted by atomic mass is 32.2. The van der Waals surface area contributed by atoms with Gasteiger partial charge in [-0.05, 0) is 37.1 Å². The standard InChI is InChI=1S/C23H24F5N7O3S/c1-13-29-16-5-4-14(10-17(16)34(13)12-23(26,27)28)15-6-9-35-19(15)20(38-2)31-21(32-35)30-18-7-8-33(39(3,36)37)11-22(18,24)25/h4-6,9-10,18H,7-8,11-12H2,1-3H3,(H,30,32)/t18-/m1/s1. The third kappa shape index (κ3) is 5.22. The zero-order valence-electron chi connectivity index (χ0n) is 21.0. The summed E-state index contributed by atoms with van der Waals surface area (Å²) in [6.07, 6.45) is -2.18. The van der Waals surface area contributed by atoms with Crippen molar-refractivity contribution in [1.29, 1.82) is 0 Å². The van der Waals surface area contributed by atoms with Gasteiger partial charge in [0, 0.05) is 18.3 Å². The summed E-state index contributed by atoms with van der Waals surface area (Å²) in [5.41, 5.74) is 2.17. The highest BCUT2D eigenvalue weighted by Gasteiger charge is 2.47. The van der Waals surface area contributed by atoms with Gasteiger partial charge in [-0.3, -0.25) is 0 Å². The van der Waals surface area contributed by atoms with Crippen LogP contribution in [0.2, 0.25) is 0 Å². The molecule has 1 aliphatic heterocycles. The molecule has 1 N–H and O–H groups in total. The van der Waals surface area contributed by atoms with Gasteiger partial charge in [-0.15, -0.1) is 5.10 Å². The Morgan fingerprint density at radius 3 is 2.59 bits per heavy atom. The fraction of sp³-hybridized carbons (Fsp3) is 0.435. The van der Waals surface area contributed by atoms with Crippen LogP contribution < -0.4 is 10.1 Å². The Kier molecular flexibility index (Phi) is 6.44. The average Bonchev–Trinajstić information content (AvgIpc) is 3.38. The van der Waals surface area contributed by atoms with Crippen molar-refractivity contribution in [2.75, 3.05) is 31.8 Å². The molecule has 0 aliphatic carbocycles. The normalized spacial score (nSPS) is 18.6. The van der Waals surface area contributed by atoms with E-state index in [-0.39, 0.29) is 30.6 Å². The number of nitrogens with zero attached hydrogens (tertiary/aromatic N) is 6. The molecule has 1 atom stereocenters. The molecule has 0 amide bonds. The monoisotopic (exact) mass is 573 g/mol. The number of imidazole rings is 1. The molecule has 1 aliphatic rings. The van der Waals surface area contributed by atoms with Crippen LogP contribution in [0, 0.1) is 6.92 Å². The number of fused-ring (bicyclic) bond motifs is 2. The van der Waals surface area contributed by atoms with Gasteiger partial charge in [-0.25, -0.2) is 26.7 Å². The predicted octanol–water partition coefficient (Wildman–Crippen LogP) is 3.71. The number of anilines is 1. The van der Waals surface area contributed by atoms with E-state index < -0.39 is 41.3 Å². The van der Waals surface area contributed by atoms with Crippen molar-refractivity contribution in [2.45, 2.75) is 38.0 Å². The Bertz CT molecular complexity index is 1670. The minimum absolute atomic E-state index is 0.0458. The summed E-state index contributed by atoms with van der Waals surface area (Å²) in [6, 6.07) is 5.13. The van der Waals surface area contributed by atoms with E-state index in [1.807, 2.05) is 0 Å². The van der Waals surface area contributed by atoms with Crippen molar-refractivity contribution in [3.63, 3.8) is 0 Å². The Morgan fingerprint density at radius 1 is 1.21 bits per heavy atom. The second kappa shape index (κ2) is 9.29. The average molecular weight is 574 g/mol. The van der Waals surface area contributed by atoms with Gasteiger partial charge in [0.2, 0.25) is 21.9 Å². The third-order valence-electron chi connectivity index (χ3n) is 6.60. The van der Waals surface area contributed by atoms with E-state index in [4.69, 9.17) is 4.74 Å². The Morgan fingerprint density at radius 2 is 1.95 bits per heavy atom. The minimum atomic E-state index is -4.43. The maximum absolute atomic E-state index is 14.8. The number of hydrogen-bond donors (Lipinski definition) is 1. The lowest BCUT2D eigenvalue weighted by molar-refractivity contribution is -0.140. The summed E-state index contributed by atoms with van der Waals surface area (Å²) in [5.74, 6) is -3.28. The highest BCUT2D eigenvalue weighted by molar-refractivity contribution is 7.88. The second-order valence-electron chi connectivity index (χ2n) is 9.37. The quantitative estimate of drug-likeness (QED) is 0.351. The molecular formula is C23H24F5N7O3S. The first-order valence-electron chi connectivity index (χ1n) is 11.7. The van der Waals surface area contributed by atoms with Crippen LogP contribution in [0.1, 0.15) is 12.2 Å². The van der Waals surface area contributed by atoms with Crippen LogP contribution >= 0.6 is 0 Å². The Hall–Kier alpha value is -3.53. The maximum Gasteiger partial charge on any atom is 0.406 e. The topological polar surface area (TPSA) is 107 Å². The van der Waals surface area contributed by atoms with E-state index in [2.05, 4.69) is 20.4 Å². The number of hydrogen-bond acceptors (Lipinski definition) is 7. The molecular weight excluding hydrogens is 549 g/mol. The fourth-order valence-corrected chi connectivity index (χ4v) is 5.59. The number of ether oxygens (including phenoxy) is 1. The molecule has 0 bridgehead atoms. The van der Waals surface area contributed by atoms with Crippen LogP contribution in [-0.4, -0.2) is 81.5 Å². The number of alkyl halides is 5. The van der Waals surface area contributed by atoms with E-state index >= 15 is 0 Å². The number of sulfonamides is 1. The summed E-state index contributed by atoms with van der Waals surface area (Å²) in [6.45, 7) is -0.751. The molecule has 0 saturated carbocycles. The van der Waals surface area contributed by atoms with E-state index in [0.717, 1.165) is 15.1 Å². The molecule has 0 radical (unpaired) electrons. The van der Waals surface area contributed by atoms with Crippen LogP contribution in [0.4, 0.5) is 27.9 Å². The molecule has 210 valence electrons. The molecule has 5 rings (SSSR count). The number of rotatable bonds is 6. The van der Waals surface area contributed by atoms with E-state index in [0.29, 0.717) is 27.7 Å². The molecule has 4 heterocycles. The predicted molar refractivity (Wildman–Crippen MR) is 132 cm³/mol. The van der Waals surface area contributed by atoms with E-state index in [1.54, 1.807) is 30.5 Å². The number of aromatic nitrogens is 5. The van der Waals surface area contributed by atoms with Gasteiger partial charge >= 0.3 is 6.18 Å². The van der Waals surface area contributed by atoms with Crippen LogP contribution in [0.5, 0.6) is 5.88 Å². The molecule has 1 fully saturated rings. The lowest BCUT2D eigenvalue weighted by Gasteiger charge is -2.37. The first-order valence-corrected chi connectivity index (χ1v) is 13.6. The van der Waals surface area contributed by atoms with Crippen molar-refractivity contribution >= 4 is 32.5 Å². The first kappa shape index (κ1) is 27.1. The summed E-state index contributed by atoms with van der Waals surface area (Å²) in [7, 11) is -2.43. The SMILES string of the molecule is COc1nc(N[C@@H]2CCN(S(C)(=O)=O)CC2(F)F)nn2ccc(-c3ccc4nc(C)n(CC(F)(F)F)c4c3)c12. The number of nitrogens with one attached hydrogen (secondary N) is 1. The zero-order chi connectivity index (χ0) is 28.3. The number of piperidine rings is 1. The third-order valence-corrected chi connectivity index (χ3v) is 7.85. The van der Waals surface area contributed by atoms with Gasteiger partial charge in [-0.2, -0.15) is 22.5 Å². The van der Waals surface area contributed by atoms with Gasteiger partial charge in [0.1, 0.15) is 17.9 Å². The lowest BCUT2D eigenvalue weighted by Crippen LogP contribution is -2.55. The maximum atomic E-state index is 14.8. The van der Waals surface area contributed by atoms with Crippen LogP contribution in [0.25, 0.3) is 27.7 Å². The van der Waals surface area contributed by atoms with Crippen LogP contribution in [0.15, 0.2) is 30.5 Å². The van der Waals surface area contributed by atoms with Gasteiger partial charge < -0.3 is 14.6 Å². The molecule has 3 aromatic heterocycles. The summed E-state index contributed by atoms with van der Waals surface area (Å²) in [5, 5.41) is 6.88. The van der Waals surface area contributed by atoms with Gasteiger partial charge in [0.15, 0.2) is 0 Å². The van der Waals surface area contributed by atoms with Crippen molar-refractivity contribution in [3.8, 4) is 17.0 Å². The number of aryl methyl sites for hydroxylation is 1. The minimum Gasteiger partial charge on any atom is -0.479 e. The molecule has 4 aromatic rings. The van der Waals surface area contributed by atoms with Crippen molar-refractivity contribution < 1.29 is 35.1 Å². The largest absolute Gasteiger partial charge is 0.479 e. The first-order chi connectivity index (χ1) is 18.2.